The van der Waals surface area contributed by atoms with E-state index in [1.807, 2.05) is 0 Å². The number of hydrogen-bond donors (Lipinski definition) is 3. The summed E-state index contributed by atoms with van der Waals surface area (Å²) in [6.45, 7) is 1.68. The topological polar surface area (TPSA) is 109 Å². The Hall–Kier alpha value is -1.54. The highest BCUT2D eigenvalue weighted by Crippen LogP contribution is 2.21. The summed E-state index contributed by atoms with van der Waals surface area (Å²) in [6, 6.07) is 3.35. The number of aromatic nitrogens is 1. The van der Waals surface area contributed by atoms with Crippen molar-refractivity contribution in [3.63, 3.8) is 0 Å². The minimum Gasteiger partial charge on any atom is -0.428 e. The number of ether oxygens (including phenoxy) is 2. The van der Waals surface area contributed by atoms with Crippen LogP contribution in [0, 0.1) is 6.92 Å². The molecule has 7 nitrogen and oxygen atoms in total. The number of esters is 1. The first kappa shape index (κ1) is 12.9. The largest absolute Gasteiger partial charge is 0.428 e. The van der Waals surface area contributed by atoms with Crippen molar-refractivity contribution in [3.05, 3.63) is 29.6 Å². The van der Waals surface area contributed by atoms with Crippen LogP contribution in [-0.4, -0.2) is 51.1 Å². The summed E-state index contributed by atoms with van der Waals surface area (Å²) >= 11 is 0. The Balaban J connectivity index is 2.07. The Morgan fingerprint density at radius 1 is 1.39 bits per heavy atom. The molecule has 1 fully saturated rings. The fourth-order valence-electron chi connectivity index (χ4n) is 1.59. The number of aliphatic hydroxyl groups is 3. The summed E-state index contributed by atoms with van der Waals surface area (Å²) < 4.78 is 9.54. The normalized spacial score (nSPS) is 31.3. The number of carbonyl (C=O) groups is 1. The molecule has 0 radical (unpaired) electrons. The van der Waals surface area contributed by atoms with Crippen LogP contribution in [0.3, 0.4) is 0 Å². The molecule has 1 aliphatic heterocycles. The van der Waals surface area contributed by atoms with E-state index < -0.39 is 30.8 Å². The van der Waals surface area contributed by atoms with Crippen molar-refractivity contribution in [1.82, 2.24) is 4.98 Å². The van der Waals surface area contributed by atoms with Gasteiger partial charge in [-0.05, 0) is 18.6 Å². The van der Waals surface area contributed by atoms with Crippen LogP contribution in [0.2, 0.25) is 0 Å². The highest BCUT2D eigenvalue weighted by Gasteiger charge is 2.44. The van der Waals surface area contributed by atoms with E-state index in [0.717, 1.165) is 0 Å². The molecule has 2 rings (SSSR count). The zero-order valence-corrected chi connectivity index (χ0v) is 9.56. The summed E-state index contributed by atoms with van der Waals surface area (Å²) in [7, 11) is 0. The molecule has 0 amide bonds. The van der Waals surface area contributed by atoms with Crippen molar-refractivity contribution < 1.29 is 29.6 Å². The Morgan fingerprint density at radius 3 is 2.67 bits per heavy atom. The van der Waals surface area contributed by atoms with Gasteiger partial charge in [0.25, 0.3) is 0 Å². The van der Waals surface area contributed by atoms with Crippen LogP contribution < -0.4 is 0 Å². The first-order valence-corrected chi connectivity index (χ1v) is 5.33. The molecule has 0 bridgehead atoms. The predicted octanol–water partition coefficient (Wildman–Crippen LogP) is -1.06. The number of hydrogen-bond acceptors (Lipinski definition) is 7. The van der Waals surface area contributed by atoms with Gasteiger partial charge in [-0.25, -0.2) is 9.78 Å². The van der Waals surface area contributed by atoms with Gasteiger partial charge in [-0.2, -0.15) is 0 Å². The fraction of sp³-hybridized carbons (Fsp3) is 0.455. The van der Waals surface area contributed by atoms with Gasteiger partial charge in [0.15, 0.2) is 12.0 Å². The minimum atomic E-state index is -1.58. The third-order valence-corrected chi connectivity index (χ3v) is 2.62. The van der Waals surface area contributed by atoms with Crippen molar-refractivity contribution in [2.45, 2.75) is 31.7 Å². The molecule has 18 heavy (non-hydrogen) atoms. The minimum absolute atomic E-state index is 0.0872. The molecule has 3 N–H and O–H groups in total. The smallest absolute Gasteiger partial charge is 0.359 e. The molecule has 0 spiro atoms. The Morgan fingerprint density at radius 2 is 2.11 bits per heavy atom. The highest BCUT2D eigenvalue weighted by atomic mass is 16.8. The van der Waals surface area contributed by atoms with Gasteiger partial charge in [-0.1, -0.05) is 6.07 Å². The second-order valence-electron chi connectivity index (χ2n) is 3.95. The van der Waals surface area contributed by atoms with Crippen LogP contribution in [0.4, 0.5) is 0 Å². The van der Waals surface area contributed by atoms with Crippen LogP contribution in [0.25, 0.3) is 0 Å². The Kier molecular flexibility index (Phi) is 3.58. The highest BCUT2D eigenvalue weighted by molar-refractivity contribution is 5.88. The predicted molar refractivity (Wildman–Crippen MR) is 57.3 cm³/mol. The maximum atomic E-state index is 11.7. The average molecular weight is 255 g/mol. The van der Waals surface area contributed by atoms with Crippen molar-refractivity contribution in [2.24, 2.45) is 0 Å². The molecule has 4 unspecified atom stereocenters. The molecule has 98 valence electrons. The van der Waals surface area contributed by atoms with E-state index >= 15 is 0 Å². The van der Waals surface area contributed by atoms with Crippen LogP contribution in [0.15, 0.2) is 18.3 Å². The number of carbonyl (C=O) groups excluding carboxylic acids is 1. The van der Waals surface area contributed by atoms with Crippen LogP contribution >= 0.6 is 0 Å². The molecule has 1 aromatic heterocycles. The van der Waals surface area contributed by atoms with Crippen molar-refractivity contribution in [3.8, 4) is 0 Å². The molecule has 1 aromatic rings. The second kappa shape index (κ2) is 4.99. The number of aliphatic hydroxyl groups excluding tert-OH is 3. The quantitative estimate of drug-likeness (QED) is 0.578. The summed E-state index contributed by atoms with van der Waals surface area (Å²) in [4.78, 5) is 15.6. The SMILES string of the molecule is Cc1cccnc1C(=O)OC1OC(O)C(O)C1O. The summed E-state index contributed by atoms with van der Waals surface area (Å²) in [5.74, 6) is -0.793. The van der Waals surface area contributed by atoms with E-state index in [2.05, 4.69) is 4.98 Å². The van der Waals surface area contributed by atoms with Crippen molar-refractivity contribution in [1.29, 1.82) is 0 Å². The molecular formula is C11H13NO6. The zero-order valence-electron chi connectivity index (χ0n) is 9.56. The van der Waals surface area contributed by atoms with Crippen LogP contribution in [0.1, 0.15) is 16.1 Å². The maximum Gasteiger partial charge on any atom is 0.359 e. The van der Waals surface area contributed by atoms with E-state index in [1.54, 1.807) is 19.1 Å². The molecule has 1 aliphatic rings. The maximum absolute atomic E-state index is 11.7. The van der Waals surface area contributed by atoms with Crippen molar-refractivity contribution in [2.75, 3.05) is 0 Å². The summed E-state index contributed by atoms with van der Waals surface area (Å²) in [5.41, 5.74) is 0.695. The third kappa shape index (κ3) is 2.34. The van der Waals surface area contributed by atoms with E-state index in [0.29, 0.717) is 5.56 Å². The van der Waals surface area contributed by atoms with Gasteiger partial charge < -0.3 is 24.8 Å². The van der Waals surface area contributed by atoms with Gasteiger partial charge in [0.05, 0.1) is 0 Å². The second-order valence-corrected chi connectivity index (χ2v) is 3.95. The molecule has 2 heterocycles. The monoisotopic (exact) mass is 255 g/mol. The van der Waals surface area contributed by atoms with Crippen LogP contribution in [0.5, 0.6) is 0 Å². The third-order valence-electron chi connectivity index (χ3n) is 2.62. The van der Waals surface area contributed by atoms with Gasteiger partial charge in [-0.3, -0.25) is 0 Å². The Bertz CT molecular complexity index is 451. The summed E-state index contributed by atoms with van der Waals surface area (Å²) in [6.07, 6.45) is -4.56. The summed E-state index contributed by atoms with van der Waals surface area (Å²) in [5, 5.41) is 27.8. The van der Waals surface area contributed by atoms with Gasteiger partial charge in [0, 0.05) is 6.20 Å². The molecule has 0 saturated carbocycles. The lowest BCUT2D eigenvalue weighted by atomic mass is 10.2. The molecule has 4 atom stereocenters. The zero-order chi connectivity index (χ0) is 13.3. The van der Waals surface area contributed by atoms with Gasteiger partial charge in [-0.15, -0.1) is 0 Å². The first-order chi connectivity index (χ1) is 8.50. The molecular weight excluding hydrogens is 242 g/mol. The van der Waals surface area contributed by atoms with Crippen molar-refractivity contribution >= 4 is 5.97 Å². The standard InChI is InChI=1S/C11H13NO6/c1-5-3-2-4-12-6(5)9(15)17-11-8(14)7(13)10(16)18-11/h2-4,7-8,10-11,13-14,16H,1H3. The number of nitrogens with zero attached hydrogens (tertiary/aromatic N) is 1. The van der Waals surface area contributed by atoms with Gasteiger partial charge >= 0.3 is 5.97 Å². The van der Waals surface area contributed by atoms with E-state index in [1.165, 1.54) is 6.20 Å². The first-order valence-electron chi connectivity index (χ1n) is 5.33. The van der Waals surface area contributed by atoms with Crippen LogP contribution in [-0.2, 0) is 9.47 Å². The number of rotatable bonds is 2. The molecule has 1 saturated heterocycles. The lowest BCUT2D eigenvalue weighted by Crippen LogP contribution is -2.34. The fourth-order valence-corrected chi connectivity index (χ4v) is 1.59. The van der Waals surface area contributed by atoms with Gasteiger partial charge in [0.1, 0.15) is 12.2 Å². The van der Waals surface area contributed by atoms with Gasteiger partial charge in [0.2, 0.25) is 6.29 Å². The van der Waals surface area contributed by atoms with E-state index in [9.17, 15) is 15.0 Å². The number of pyridine rings is 1. The van der Waals surface area contributed by atoms with E-state index in [-0.39, 0.29) is 5.69 Å². The lowest BCUT2D eigenvalue weighted by Gasteiger charge is -2.15. The van der Waals surface area contributed by atoms with E-state index in [4.69, 9.17) is 14.6 Å². The lowest BCUT2D eigenvalue weighted by molar-refractivity contribution is -0.183. The number of aryl methyl sites for hydroxylation is 1. The Labute approximate surface area is 103 Å². The molecule has 0 aliphatic carbocycles. The average Bonchev–Trinajstić information content (AvgIpc) is 2.57. The molecule has 7 heteroatoms. The molecule has 0 aromatic carbocycles.